The highest BCUT2D eigenvalue weighted by Crippen LogP contribution is 2.33. The third-order valence-corrected chi connectivity index (χ3v) is 7.37. The molecule has 0 bridgehead atoms. The van der Waals surface area contributed by atoms with Crippen molar-refractivity contribution in [3.8, 4) is 0 Å². The maximum Gasteiger partial charge on any atom is 0.405 e. The molecule has 2 N–H and O–H groups in total. The molecule has 0 spiro atoms. The third kappa shape index (κ3) is 6.75. The number of aromatic nitrogens is 2. The van der Waals surface area contributed by atoms with E-state index in [1.54, 1.807) is 7.11 Å². The average Bonchev–Trinajstić information content (AvgIpc) is 3.32. The van der Waals surface area contributed by atoms with Gasteiger partial charge in [0, 0.05) is 26.2 Å². The maximum atomic E-state index is 12.4. The molecule has 194 valence electrons. The van der Waals surface area contributed by atoms with Crippen molar-refractivity contribution < 1.29 is 24.2 Å². The van der Waals surface area contributed by atoms with E-state index in [0.717, 1.165) is 35.9 Å². The minimum Gasteiger partial charge on any atom is -0.465 e. The Balaban J connectivity index is 1.80. The number of carbonyl (C=O) groups excluding carboxylic acids is 1. The van der Waals surface area contributed by atoms with Gasteiger partial charge in [-0.1, -0.05) is 33.8 Å². The molecule has 1 fully saturated rings. The normalized spacial score (nSPS) is 19.9. The standard InChI is InChI=1S/C27H41N3O5/c1-16(2)19(14-23(28-27(32)33)25-15-20(17(3)4)26(31)35-25)12-18-9-10-24-21(13-18)22(29-30(24)5)8-7-11-34-6/h9-10,13,16-17,19-20,23,25,28H,7-8,11-12,14-15H2,1-6H3,(H,32,33)/t19-,20-,23-,25-/m0/s1. The number of aryl methyl sites for hydroxylation is 2. The van der Waals surface area contributed by atoms with Gasteiger partial charge >= 0.3 is 12.1 Å². The summed E-state index contributed by atoms with van der Waals surface area (Å²) in [6.07, 6.45) is 2.24. The van der Waals surface area contributed by atoms with Gasteiger partial charge in [-0.2, -0.15) is 5.10 Å². The molecule has 8 heteroatoms. The van der Waals surface area contributed by atoms with Crippen LogP contribution in [0.15, 0.2) is 18.2 Å². The van der Waals surface area contributed by atoms with Gasteiger partial charge in [0.2, 0.25) is 0 Å². The van der Waals surface area contributed by atoms with Crippen LogP contribution in [0.1, 0.15) is 58.2 Å². The van der Waals surface area contributed by atoms with Gasteiger partial charge in [-0.25, -0.2) is 4.79 Å². The van der Waals surface area contributed by atoms with Gasteiger partial charge in [-0.15, -0.1) is 0 Å². The number of hydrogen-bond donors (Lipinski definition) is 2. The molecule has 1 aromatic carbocycles. The van der Waals surface area contributed by atoms with Crippen LogP contribution in [0.4, 0.5) is 4.79 Å². The van der Waals surface area contributed by atoms with Crippen LogP contribution in [0, 0.1) is 23.7 Å². The number of nitrogens with one attached hydrogen (secondary N) is 1. The van der Waals surface area contributed by atoms with Crippen molar-refractivity contribution in [3.05, 3.63) is 29.5 Å². The Morgan fingerprint density at radius 3 is 2.66 bits per heavy atom. The average molecular weight is 488 g/mol. The SMILES string of the molecule is COCCCc1nn(C)c2ccc(C[C@@H](C[C@H](NC(=O)O)[C@@H]3C[C@@H](C(C)C)C(=O)O3)C(C)C)cc12. The summed E-state index contributed by atoms with van der Waals surface area (Å²) in [6, 6.07) is 6.05. The molecule has 8 nitrogen and oxygen atoms in total. The lowest BCUT2D eigenvalue weighted by atomic mass is 9.81. The van der Waals surface area contributed by atoms with Crippen LogP contribution in [0.3, 0.4) is 0 Å². The number of hydrogen-bond acceptors (Lipinski definition) is 5. The lowest BCUT2D eigenvalue weighted by molar-refractivity contribution is -0.146. The highest BCUT2D eigenvalue weighted by molar-refractivity contribution is 5.82. The topological polar surface area (TPSA) is 103 Å². The lowest BCUT2D eigenvalue weighted by Gasteiger charge is -2.29. The van der Waals surface area contributed by atoms with E-state index >= 15 is 0 Å². The van der Waals surface area contributed by atoms with Gasteiger partial charge in [0.25, 0.3) is 0 Å². The molecule has 35 heavy (non-hydrogen) atoms. The van der Waals surface area contributed by atoms with Crippen LogP contribution in [-0.4, -0.2) is 52.8 Å². The van der Waals surface area contributed by atoms with Crippen LogP contribution in [0.2, 0.25) is 0 Å². The molecule has 1 saturated heterocycles. The fourth-order valence-electron chi connectivity index (χ4n) is 5.19. The molecule has 1 aliphatic rings. The van der Waals surface area contributed by atoms with Gasteiger partial charge in [0.15, 0.2) is 0 Å². The number of fused-ring (bicyclic) bond motifs is 1. The van der Waals surface area contributed by atoms with Crippen molar-refractivity contribution in [2.24, 2.45) is 30.7 Å². The molecule has 1 aromatic heterocycles. The Morgan fingerprint density at radius 1 is 1.31 bits per heavy atom. The first-order valence-electron chi connectivity index (χ1n) is 12.7. The van der Waals surface area contributed by atoms with Crippen LogP contribution < -0.4 is 5.32 Å². The second-order valence-corrected chi connectivity index (χ2v) is 10.6. The predicted molar refractivity (Wildman–Crippen MR) is 135 cm³/mol. The van der Waals surface area contributed by atoms with Crippen molar-refractivity contribution in [2.75, 3.05) is 13.7 Å². The van der Waals surface area contributed by atoms with Crippen molar-refractivity contribution in [1.82, 2.24) is 15.1 Å². The maximum absolute atomic E-state index is 12.4. The van der Waals surface area contributed by atoms with Crippen LogP contribution in [0.25, 0.3) is 10.9 Å². The smallest absolute Gasteiger partial charge is 0.405 e. The van der Waals surface area contributed by atoms with Crippen molar-refractivity contribution in [1.29, 1.82) is 0 Å². The van der Waals surface area contributed by atoms with E-state index in [0.29, 0.717) is 25.4 Å². The summed E-state index contributed by atoms with van der Waals surface area (Å²) in [5, 5.41) is 18.0. The second kappa shape index (κ2) is 11.9. The summed E-state index contributed by atoms with van der Waals surface area (Å²) in [7, 11) is 3.68. The Morgan fingerprint density at radius 2 is 2.06 bits per heavy atom. The number of methoxy groups -OCH3 is 1. The van der Waals surface area contributed by atoms with E-state index in [4.69, 9.17) is 14.6 Å². The molecular weight excluding hydrogens is 446 g/mol. The van der Waals surface area contributed by atoms with E-state index < -0.39 is 18.2 Å². The molecule has 4 atom stereocenters. The number of nitrogens with zero attached hydrogens (tertiary/aromatic N) is 2. The molecule has 2 heterocycles. The number of carbonyl (C=O) groups is 2. The summed E-state index contributed by atoms with van der Waals surface area (Å²) in [4.78, 5) is 24.0. The number of amides is 1. The fourth-order valence-corrected chi connectivity index (χ4v) is 5.19. The summed E-state index contributed by atoms with van der Waals surface area (Å²) in [5.74, 6) is 0.321. The predicted octanol–water partition coefficient (Wildman–Crippen LogP) is 4.58. The molecule has 1 aliphatic heterocycles. The minimum absolute atomic E-state index is 0.170. The summed E-state index contributed by atoms with van der Waals surface area (Å²) < 4.78 is 12.8. The van der Waals surface area contributed by atoms with E-state index in [1.165, 1.54) is 5.56 Å². The Labute approximate surface area is 208 Å². The first-order chi connectivity index (χ1) is 16.6. The summed E-state index contributed by atoms with van der Waals surface area (Å²) >= 11 is 0. The number of benzene rings is 1. The Kier molecular flexibility index (Phi) is 9.16. The number of cyclic esters (lactones) is 1. The lowest BCUT2D eigenvalue weighted by Crippen LogP contribution is -2.44. The van der Waals surface area contributed by atoms with Gasteiger partial charge in [-0.3, -0.25) is 9.48 Å². The summed E-state index contributed by atoms with van der Waals surface area (Å²) in [5.41, 5.74) is 3.38. The minimum atomic E-state index is -1.08. The van der Waals surface area contributed by atoms with E-state index in [9.17, 15) is 14.7 Å². The largest absolute Gasteiger partial charge is 0.465 e. The van der Waals surface area contributed by atoms with Crippen LogP contribution >= 0.6 is 0 Å². The molecule has 2 aromatic rings. The van der Waals surface area contributed by atoms with Crippen LogP contribution in [-0.2, 0) is 34.2 Å². The molecule has 3 rings (SSSR count). The van der Waals surface area contributed by atoms with Crippen molar-refractivity contribution in [3.63, 3.8) is 0 Å². The van der Waals surface area contributed by atoms with E-state index in [1.807, 2.05) is 25.6 Å². The quantitative estimate of drug-likeness (QED) is 0.336. The van der Waals surface area contributed by atoms with Gasteiger partial charge in [0.1, 0.15) is 6.10 Å². The molecule has 0 unspecified atom stereocenters. The highest BCUT2D eigenvalue weighted by atomic mass is 16.6. The number of rotatable bonds is 12. The molecule has 0 aliphatic carbocycles. The van der Waals surface area contributed by atoms with Gasteiger partial charge in [-0.05, 0) is 67.6 Å². The first-order valence-corrected chi connectivity index (χ1v) is 12.7. The molecule has 1 amide bonds. The third-order valence-electron chi connectivity index (χ3n) is 7.37. The van der Waals surface area contributed by atoms with Gasteiger partial charge in [0.05, 0.1) is 23.2 Å². The number of ether oxygens (including phenoxy) is 2. The molecule has 0 saturated carbocycles. The molecular formula is C27H41N3O5. The Bertz CT molecular complexity index is 1020. The zero-order chi connectivity index (χ0) is 25.7. The Hall–Kier alpha value is -2.61. The van der Waals surface area contributed by atoms with Crippen LogP contribution in [0.5, 0.6) is 0 Å². The van der Waals surface area contributed by atoms with E-state index in [2.05, 4.69) is 37.4 Å². The first kappa shape index (κ1) is 27.0. The zero-order valence-electron chi connectivity index (χ0n) is 21.9. The van der Waals surface area contributed by atoms with E-state index in [-0.39, 0.29) is 23.7 Å². The summed E-state index contributed by atoms with van der Waals surface area (Å²) in [6.45, 7) is 9.04. The highest BCUT2D eigenvalue weighted by Gasteiger charge is 2.41. The number of carboxylic acid groups (broad SMARTS) is 1. The fraction of sp³-hybridized carbons (Fsp3) is 0.667. The number of esters is 1. The van der Waals surface area contributed by atoms with Crippen molar-refractivity contribution in [2.45, 2.75) is 71.9 Å². The molecule has 0 radical (unpaired) electrons. The zero-order valence-corrected chi connectivity index (χ0v) is 21.9. The van der Waals surface area contributed by atoms with Crippen molar-refractivity contribution >= 4 is 23.0 Å². The second-order valence-electron chi connectivity index (χ2n) is 10.6. The van der Waals surface area contributed by atoms with Gasteiger partial charge < -0.3 is 19.9 Å². The monoisotopic (exact) mass is 487 g/mol.